The lowest BCUT2D eigenvalue weighted by Gasteiger charge is -2.08. The molecule has 0 aliphatic rings. The maximum atomic E-state index is 13.9. The third kappa shape index (κ3) is 4.37. The smallest absolute Gasteiger partial charge is 0.341 e. The molecule has 134 valence electrons. The van der Waals surface area contributed by atoms with Crippen molar-refractivity contribution in [1.82, 2.24) is 4.98 Å². The highest BCUT2D eigenvalue weighted by molar-refractivity contribution is 7.15. The predicted octanol–water partition coefficient (Wildman–Crippen LogP) is 4.30. The van der Waals surface area contributed by atoms with Gasteiger partial charge in [0.05, 0.1) is 5.69 Å². The number of thiazole rings is 1. The molecule has 0 fully saturated rings. The van der Waals surface area contributed by atoms with Crippen LogP contribution in [-0.2, 0) is 11.4 Å². The summed E-state index contributed by atoms with van der Waals surface area (Å²) in [6.07, 6.45) is 0. The SMILES string of the molecule is Cc1sc(-c2ccccc2)nc1COc1ccc(OCC(=O)O)c(F)c1. The van der Waals surface area contributed by atoms with E-state index >= 15 is 0 Å². The van der Waals surface area contributed by atoms with E-state index in [0.717, 1.165) is 27.2 Å². The summed E-state index contributed by atoms with van der Waals surface area (Å²) < 4.78 is 24.4. The van der Waals surface area contributed by atoms with Crippen molar-refractivity contribution in [2.45, 2.75) is 13.5 Å². The first-order valence-electron chi connectivity index (χ1n) is 7.81. The predicted molar refractivity (Wildman–Crippen MR) is 96.1 cm³/mol. The fourth-order valence-electron chi connectivity index (χ4n) is 2.25. The number of nitrogens with zero attached hydrogens (tertiary/aromatic N) is 1. The van der Waals surface area contributed by atoms with Crippen LogP contribution in [0.1, 0.15) is 10.6 Å². The number of carboxylic acid groups (broad SMARTS) is 1. The number of ether oxygens (including phenoxy) is 2. The molecule has 0 spiro atoms. The van der Waals surface area contributed by atoms with Gasteiger partial charge in [-0.3, -0.25) is 0 Å². The van der Waals surface area contributed by atoms with E-state index in [0.29, 0.717) is 5.75 Å². The molecule has 0 saturated carbocycles. The second-order valence-corrected chi connectivity index (χ2v) is 6.65. The second-order valence-electron chi connectivity index (χ2n) is 5.45. The van der Waals surface area contributed by atoms with Crippen molar-refractivity contribution < 1.29 is 23.8 Å². The fraction of sp³-hybridized carbons (Fsp3) is 0.158. The first-order valence-corrected chi connectivity index (χ1v) is 8.63. The Bertz CT molecular complexity index is 911. The van der Waals surface area contributed by atoms with Gasteiger partial charge in [0, 0.05) is 16.5 Å². The Balaban J connectivity index is 1.67. The van der Waals surface area contributed by atoms with Gasteiger partial charge in [-0.1, -0.05) is 30.3 Å². The third-order valence-electron chi connectivity index (χ3n) is 3.54. The lowest BCUT2D eigenvalue weighted by atomic mass is 10.2. The van der Waals surface area contributed by atoms with Crippen molar-refractivity contribution in [3.63, 3.8) is 0 Å². The number of carboxylic acids is 1. The van der Waals surface area contributed by atoms with E-state index in [-0.39, 0.29) is 12.4 Å². The van der Waals surface area contributed by atoms with Crippen LogP contribution in [0.3, 0.4) is 0 Å². The van der Waals surface area contributed by atoms with Crippen LogP contribution in [-0.4, -0.2) is 22.7 Å². The van der Waals surface area contributed by atoms with E-state index < -0.39 is 18.4 Å². The molecule has 2 aromatic carbocycles. The van der Waals surface area contributed by atoms with Crippen molar-refractivity contribution in [2.75, 3.05) is 6.61 Å². The van der Waals surface area contributed by atoms with Crippen LogP contribution in [0.4, 0.5) is 4.39 Å². The zero-order chi connectivity index (χ0) is 18.5. The number of aromatic nitrogens is 1. The van der Waals surface area contributed by atoms with Crippen LogP contribution in [0.2, 0.25) is 0 Å². The monoisotopic (exact) mass is 373 g/mol. The summed E-state index contributed by atoms with van der Waals surface area (Å²) in [5.74, 6) is -1.66. The molecule has 0 saturated heterocycles. The van der Waals surface area contributed by atoms with E-state index in [2.05, 4.69) is 4.98 Å². The van der Waals surface area contributed by atoms with Gasteiger partial charge < -0.3 is 14.6 Å². The molecular formula is C19H16FNO4S. The summed E-state index contributed by atoms with van der Waals surface area (Å²) in [5.41, 5.74) is 1.83. The average molecular weight is 373 g/mol. The molecule has 0 bridgehead atoms. The summed E-state index contributed by atoms with van der Waals surface area (Å²) in [6, 6.07) is 13.9. The van der Waals surface area contributed by atoms with Crippen LogP contribution in [0, 0.1) is 12.7 Å². The van der Waals surface area contributed by atoms with Gasteiger partial charge in [0.25, 0.3) is 0 Å². The van der Waals surface area contributed by atoms with Gasteiger partial charge in [0.1, 0.15) is 17.4 Å². The third-order valence-corrected chi connectivity index (χ3v) is 4.61. The highest BCUT2D eigenvalue weighted by Crippen LogP contribution is 2.29. The molecule has 0 aliphatic carbocycles. The molecule has 5 nitrogen and oxygen atoms in total. The zero-order valence-electron chi connectivity index (χ0n) is 13.9. The number of halogens is 1. The van der Waals surface area contributed by atoms with E-state index in [1.807, 2.05) is 37.3 Å². The Hall–Kier alpha value is -2.93. The number of benzene rings is 2. The number of aliphatic carboxylic acids is 1. The van der Waals surface area contributed by atoms with Gasteiger partial charge in [-0.15, -0.1) is 11.3 Å². The Labute approximate surface area is 153 Å². The van der Waals surface area contributed by atoms with Crippen molar-refractivity contribution in [2.24, 2.45) is 0 Å². The summed E-state index contributed by atoms with van der Waals surface area (Å²) in [4.78, 5) is 16.1. The molecule has 0 atom stereocenters. The molecule has 0 radical (unpaired) electrons. The number of hydrogen-bond donors (Lipinski definition) is 1. The highest BCUT2D eigenvalue weighted by atomic mass is 32.1. The van der Waals surface area contributed by atoms with E-state index in [9.17, 15) is 9.18 Å². The van der Waals surface area contributed by atoms with Gasteiger partial charge in [0.2, 0.25) is 0 Å². The minimum absolute atomic E-state index is 0.129. The molecule has 3 rings (SSSR count). The molecule has 1 N–H and O–H groups in total. The zero-order valence-corrected chi connectivity index (χ0v) is 14.8. The molecule has 0 aliphatic heterocycles. The topological polar surface area (TPSA) is 68.7 Å². The molecular weight excluding hydrogens is 357 g/mol. The maximum Gasteiger partial charge on any atom is 0.341 e. The summed E-state index contributed by atoms with van der Waals surface area (Å²) in [5, 5.41) is 9.47. The Morgan fingerprint density at radius 2 is 1.96 bits per heavy atom. The normalized spacial score (nSPS) is 10.5. The largest absolute Gasteiger partial charge is 0.487 e. The van der Waals surface area contributed by atoms with Crippen LogP contribution < -0.4 is 9.47 Å². The molecule has 3 aromatic rings. The van der Waals surface area contributed by atoms with Crippen LogP contribution >= 0.6 is 11.3 Å². The van der Waals surface area contributed by atoms with E-state index in [1.165, 1.54) is 12.1 Å². The Morgan fingerprint density at radius 1 is 1.19 bits per heavy atom. The lowest BCUT2D eigenvalue weighted by molar-refractivity contribution is -0.139. The lowest BCUT2D eigenvalue weighted by Crippen LogP contribution is -2.10. The molecule has 0 amide bonds. The highest BCUT2D eigenvalue weighted by Gasteiger charge is 2.11. The van der Waals surface area contributed by atoms with Crippen LogP contribution in [0.5, 0.6) is 11.5 Å². The quantitative estimate of drug-likeness (QED) is 0.669. The van der Waals surface area contributed by atoms with Crippen molar-refractivity contribution in [3.05, 3.63) is 64.9 Å². The van der Waals surface area contributed by atoms with Crippen molar-refractivity contribution in [1.29, 1.82) is 0 Å². The number of rotatable bonds is 7. The molecule has 0 unspecified atom stereocenters. The summed E-state index contributed by atoms with van der Waals surface area (Å²) in [7, 11) is 0. The minimum Gasteiger partial charge on any atom is -0.487 e. The van der Waals surface area contributed by atoms with Gasteiger partial charge in [-0.25, -0.2) is 14.2 Å². The minimum atomic E-state index is -1.17. The maximum absolute atomic E-state index is 13.9. The average Bonchev–Trinajstić information content (AvgIpc) is 3.00. The Kier molecular flexibility index (Phi) is 5.48. The molecule has 1 heterocycles. The first-order chi connectivity index (χ1) is 12.5. The molecule has 1 aromatic heterocycles. The summed E-state index contributed by atoms with van der Waals surface area (Å²) in [6.45, 7) is 1.58. The fourth-order valence-corrected chi connectivity index (χ4v) is 3.17. The van der Waals surface area contributed by atoms with Crippen molar-refractivity contribution >= 4 is 17.3 Å². The Morgan fingerprint density at radius 3 is 2.65 bits per heavy atom. The van der Waals surface area contributed by atoms with Gasteiger partial charge in [0.15, 0.2) is 18.2 Å². The summed E-state index contributed by atoms with van der Waals surface area (Å²) >= 11 is 1.58. The number of hydrogen-bond acceptors (Lipinski definition) is 5. The van der Waals surface area contributed by atoms with E-state index in [1.54, 1.807) is 11.3 Å². The number of aryl methyl sites for hydroxylation is 1. The van der Waals surface area contributed by atoms with E-state index in [4.69, 9.17) is 14.6 Å². The number of carbonyl (C=O) groups is 1. The molecule has 7 heteroatoms. The van der Waals surface area contributed by atoms with Crippen molar-refractivity contribution in [3.8, 4) is 22.1 Å². The second kappa shape index (κ2) is 7.97. The van der Waals surface area contributed by atoms with Crippen LogP contribution in [0.15, 0.2) is 48.5 Å². The van der Waals surface area contributed by atoms with Crippen LogP contribution in [0.25, 0.3) is 10.6 Å². The first kappa shape index (κ1) is 17.9. The van der Waals surface area contributed by atoms with Gasteiger partial charge >= 0.3 is 5.97 Å². The standard InChI is InChI=1S/C19H16FNO4S/c1-12-16(21-19(26-12)13-5-3-2-4-6-13)10-24-14-7-8-17(15(20)9-14)25-11-18(22)23/h2-9H,10-11H2,1H3,(H,22,23). The van der Waals surface area contributed by atoms with Gasteiger partial charge in [-0.05, 0) is 19.1 Å². The molecule has 26 heavy (non-hydrogen) atoms. The van der Waals surface area contributed by atoms with Gasteiger partial charge in [-0.2, -0.15) is 0 Å².